The Bertz CT molecular complexity index is 1720. The van der Waals surface area contributed by atoms with Crippen molar-refractivity contribution in [3.8, 4) is 11.3 Å². The van der Waals surface area contributed by atoms with Crippen molar-refractivity contribution in [2.75, 3.05) is 37.2 Å². The van der Waals surface area contributed by atoms with Crippen LogP contribution >= 0.6 is 0 Å². The summed E-state index contributed by atoms with van der Waals surface area (Å²) in [7, 11) is -3.26. The molecule has 3 aromatic carbocycles. The zero-order valence-electron chi connectivity index (χ0n) is 26.7. The standard InChI is InChI=1S/C36H46N4O3S/c1-6-40-20-17-36(4,35(40)41)29-12-15-33-32(24-29)31(34(38-33)28-22-25(2)21-26(3)23-28)16-19-37-18-8-7-9-27-10-13-30(14-11-27)39-44(5,42)43/h10-15,21-24,37-39H,6-9,16-20H2,1-5H3. The number of unbranched alkanes of at least 4 members (excludes halogenated alkanes) is 1. The normalized spacial score (nSPS) is 17.1. The van der Waals surface area contributed by atoms with Crippen LogP contribution in [-0.4, -0.2) is 56.6 Å². The van der Waals surface area contributed by atoms with E-state index in [1.165, 1.54) is 33.2 Å². The van der Waals surface area contributed by atoms with Crippen LogP contribution in [-0.2, 0) is 33.1 Å². The minimum atomic E-state index is -3.26. The van der Waals surface area contributed by atoms with Gasteiger partial charge in [-0.3, -0.25) is 9.52 Å². The van der Waals surface area contributed by atoms with Crippen molar-refractivity contribution in [3.63, 3.8) is 0 Å². The van der Waals surface area contributed by atoms with Crippen LogP contribution in [0.5, 0.6) is 0 Å². The first-order valence-corrected chi connectivity index (χ1v) is 17.7. The number of nitrogens with one attached hydrogen (secondary N) is 3. The highest BCUT2D eigenvalue weighted by molar-refractivity contribution is 7.92. The van der Waals surface area contributed by atoms with Gasteiger partial charge in [-0.1, -0.05) is 35.4 Å². The molecule has 0 spiro atoms. The van der Waals surface area contributed by atoms with Crippen molar-refractivity contribution in [1.82, 2.24) is 15.2 Å². The predicted octanol–water partition coefficient (Wildman–Crippen LogP) is 6.49. The van der Waals surface area contributed by atoms with Crippen molar-refractivity contribution < 1.29 is 13.2 Å². The van der Waals surface area contributed by atoms with E-state index in [2.05, 4.69) is 79.1 Å². The first-order valence-electron chi connectivity index (χ1n) is 15.8. The van der Waals surface area contributed by atoms with Crippen molar-refractivity contribution >= 4 is 32.5 Å². The lowest BCUT2D eigenvalue weighted by Crippen LogP contribution is -2.35. The number of rotatable bonds is 13. The van der Waals surface area contributed by atoms with Gasteiger partial charge >= 0.3 is 0 Å². The molecule has 1 atom stereocenters. The Balaban J connectivity index is 1.27. The number of carbonyl (C=O) groups excluding carboxylic acids is 1. The highest BCUT2D eigenvalue weighted by atomic mass is 32.2. The second-order valence-corrected chi connectivity index (χ2v) is 14.4. The van der Waals surface area contributed by atoms with E-state index in [4.69, 9.17) is 0 Å². The zero-order chi connectivity index (χ0) is 31.5. The molecule has 0 radical (unpaired) electrons. The number of fused-ring (bicyclic) bond motifs is 1. The molecule has 1 fully saturated rings. The largest absolute Gasteiger partial charge is 0.354 e. The molecule has 3 N–H and O–H groups in total. The molecule has 0 bridgehead atoms. The molecule has 4 aromatic rings. The number of likely N-dealkylation sites (tertiary alicyclic amines) is 1. The summed E-state index contributed by atoms with van der Waals surface area (Å²) >= 11 is 0. The number of anilines is 1. The van der Waals surface area contributed by atoms with Gasteiger partial charge in [-0.2, -0.15) is 0 Å². The topological polar surface area (TPSA) is 94.3 Å². The van der Waals surface area contributed by atoms with Crippen LogP contribution in [0.4, 0.5) is 5.69 Å². The summed E-state index contributed by atoms with van der Waals surface area (Å²) in [6.45, 7) is 11.8. The number of aromatic nitrogens is 1. The molecule has 8 heteroatoms. The van der Waals surface area contributed by atoms with Crippen LogP contribution in [0.25, 0.3) is 22.2 Å². The monoisotopic (exact) mass is 614 g/mol. The number of hydrogen-bond acceptors (Lipinski definition) is 4. The first-order chi connectivity index (χ1) is 21.0. The smallest absolute Gasteiger partial charge is 0.233 e. The average molecular weight is 615 g/mol. The molecule has 1 saturated heterocycles. The molecular weight excluding hydrogens is 568 g/mol. The van der Waals surface area contributed by atoms with E-state index >= 15 is 0 Å². The minimum absolute atomic E-state index is 0.231. The summed E-state index contributed by atoms with van der Waals surface area (Å²) in [5, 5.41) is 4.86. The van der Waals surface area contributed by atoms with Gasteiger partial charge in [-0.25, -0.2) is 8.42 Å². The molecule has 1 aliphatic rings. The Labute approximate surface area is 262 Å². The maximum atomic E-state index is 13.3. The quantitative estimate of drug-likeness (QED) is 0.150. The fourth-order valence-corrected chi connectivity index (χ4v) is 7.14. The second-order valence-electron chi connectivity index (χ2n) is 12.6. The van der Waals surface area contributed by atoms with Gasteiger partial charge < -0.3 is 15.2 Å². The second kappa shape index (κ2) is 13.2. The van der Waals surface area contributed by atoms with Gasteiger partial charge in [-0.15, -0.1) is 0 Å². The lowest BCUT2D eigenvalue weighted by Gasteiger charge is -2.23. The Kier molecular flexibility index (Phi) is 9.51. The number of carbonyl (C=O) groups is 1. The lowest BCUT2D eigenvalue weighted by atomic mass is 9.80. The van der Waals surface area contributed by atoms with Crippen LogP contribution in [0.1, 0.15) is 60.9 Å². The van der Waals surface area contributed by atoms with Gasteiger partial charge in [0.1, 0.15) is 0 Å². The first kappa shape index (κ1) is 31.8. The molecule has 1 aliphatic heterocycles. The van der Waals surface area contributed by atoms with E-state index in [0.29, 0.717) is 5.69 Å². The summed E-state index contributed by atoms with van der Waals surface area (Å²) in [4.78, 5) is 19.0. The van der Waals surface area contributed by atoms with Gasteiger partial charge in [0.2, 0.25) is 15.9 Å². The fourth-order valence-electron chi connectivity index (χ4n) is 6.57. The molecule has 234 valence electrons. The minimum Gasteiger partial charge on any atom is -0.354 e. The Morgan fingerprint density at radius 1 is 0.932 bits per heavy atom. The van der Waals surface area contributed by atoms with E-state index in [9.17, 15) is 13.2 Å². The predicted molar refractivity (Wildman–Crippen MR) is 182 cm³/mol. The molecule has 44 heavy (non-hydrogen) atoms. The maximum absolute atomic E-state index is 13.3. The van der Waals surface area contributed by atoms with E-state index < -0.39 is 15.4 Å². The number of likely N-dealkylation sites (N-methyl/N-ethyl adjacent to an activating group) is 1. The van der Waals surface area contributed by atoms with Crippen molar-refractivity contribution in [2.45, 2.75) is 65.2 Å². The molecule has 7 nitrogen and oxygen atoms in total. The van der Waals surface area contributed by atoms with Crippen LogP contribution in [0.3, 0.4) is 0 Å². The van der Waals surface area contributed by atoms with Crippen molar-refractivity contribution in [1.29, 1.82) is 0 Å². The zero-order valence-corrected chi connectivity index (χ0v) is 27.5. The summed E-state index contributed by atoms with van der Waals surface area (Å²) in [5.74, 6) is 0.231. The average Bonchev–Trinajstić information content (AvgIpc) is 3.48. The third-order valence-electron chi connectivity index (χ3n) is 8.95. The van der Waals surface area contributed by atoms with E-state index in [-0.39, 0.29) is 5.91 Å². The van der Waals surface area contributed by atoms with Gasteiger partial charge in [0, 0.05) is 35.4 Å². The number of aromatic amines is 1. The highest BCUT2D eigenvalue weighted by Gasteiger charge is 2.43. The number of sulfonamides is 1. The van der Waals surface area contributed by atoms with Gasteiger partial charge in [0.25, 0.3) is 0 Å². The van der Waals surface area contributed by atoms with Gasteiger partial charge in [-0.05, 0) is 132 Å². The Morgan fingerprint density at radius 3 is 2.32 bits per heavy atom. The fraction of sp³-hybridized carbons (Fsp3) is 0.417. The van der Waals surface area contributed by atoms with E-state index in [0.717, 1.165) is 81.3 Å². The number of nitrogens with zero attached hydrogens (tertiary/aromatic N) is 1. The number of aryl methyl sites for hydroxylation is 3. The molecule has 5 rings (SSSR count). The molecule has 1 aromatic heterocycles. The molecular formula is C36H46N4O3S. The number of amides is 1. The molecule has 1 unspecified atom stereocenters. The summed E-state index contributed by atoms with van der Waals surface area (Å²) < 4.78 is 25.4. The number of hydrogen-bond donors (Lipinski definition) is 3. The van der Waals surface area contributed by atoms with Crippen LogP contribution in [0.2, 0.25) is 0 Å². The number of H-pyrrole nitrogens is 1. The molecule has 2 heterocycles. The van der Waals surface area contributed by atoms with Crippen molar-refractivity contribution in [2.24, 2.45) is 0 Å². The molecule has 0 saturated carbocycles. The number of benzene rings is 3. The third kappa shape index (κ3) is 7.19. The maximum Gasteiger partial charge on any atom is 0.233 e. The summed E-state index contributed by atoms with van der Waals surface area (Å²) in [6, 6.07) is 20.9. The van der Waals surface area contributed by atoms with Crippen LogP contribution in [0.15, 0.2) is 60.7 Å². The molecule has 1 amide bonds. The van der Waals surface area contributed by atoms with Crippen molar-refractivity contribution in [3.05, 3.63) is 88.5 Å². The van der Waals surface area contributed by atoms with Crippen LogP contribution < -0.4 is 10.0 Å². The summed E-state index contributed by atoms with van der Waals surface area (Å²) in [6.07, 6.45) is 5.95. The lowest BCUT2D eigenvalue weighted by molar-refractivity contribution is -0.131. The Morgan fingerprint density at radius 2 is 1.66 bits per heavy atom. The molecule has 0 aliphatic carbocycles. The van der Waals surface area contributed by atoms with Crippen LogP contribution in [0, 0.1) is 13.8 Å². The Hall–Kier alpha value is -3.62. The third-order valence-corrected chi connectivity index (χ3v) is 9.56. The van der Waals surface area contributed by atoms with Gasteiger partial charge in [0.05, 0.1) is 11.7 Å². The van der Waals surface area contributed by atoms with E-state index in [1.807, 2.05) is 29.2 Å². The SMILES string of the molecule is CCN1CCC(C)(c2ccc3[nH]c(-c4cc(C)cc(C)c4)c(CCNCCCCc4ccc(NS(C)(=O)=O)cc4)c3c2)C1=O. The van der Waals surface area contributed by atoms with Gasteiger partial charge in [0.15, 0.2) is 0 Å². The van der Waals surface area contributed by atoms with E-state index in [1.54, 1.807) is 0 Å². The summed E-state index contributed by atoms with van der Waals surface area (Å²) in [5.41, 5.74) is 9.67. The highest BCUT2D eigenvalue weighted by Crippen LogP contribution is 2.39.